The van der Waals surface area contributed by atoms with Crippen LogP contribution in [0.15, 0.2) is 71.6 Å². The molecule has 1 N–H and O–H groups in total. The lowest BCUT2D eigenvalue weighted by Crippen LogP contribution is -2.28. The average Bonchev–Trinajstić information content (AvgIpc) is 3.20. The van der Waals surface area contributed by atoms with Crippen LogP contribution in [0.25, 0.3) is 17.0 Å². The molecule has 8 nitrogen and oxygen atoms in total. The summed E-state index contributed by atoms with van der Waals surface area (Å²) in [5.74, 6) is 0.952. The van der Waals surface area contributed by atoms with E-state index in [-0.39, 0.29) is 23.5 Å². The lowest BCUT2D eigenvalue weighted by molar-refractivity contribution is 0.306. The summed E-state index contributed by atoms with van der Waals surface area (Å²) in [4.78, 5) is 0.224. The van der Waals surface area contributed by atoms with Gasteiger partial charge in [0.1, 0.15) is 6.61 Å². The summed E-state index contributed by atoms with van der Waals surface area (Å²) in [5, 5.41) is 12.7. The van der Waals surface area contributed by atoms with Gasteiger partial charge in [0.25, 0.3) is 0 Å². The predicted octanol–water partition coefficient (Wildman–Crippen LogP) is 3.45. The zero-order valence-electron chi connectivity index (χ0n) is 18.2. The van der Waals surface area contributed by atoms with E-state index >= 15 is 0 Å². The molecule has 0 radical (unpaired) electrons. The molecule has 4 rings (SSSR count). The third-order valence-corrected chi connectivity index (χ3v) is 6.42. The van der Waals surface area contributed by atoms with Crippen molar-refractivity contribution < 1.29 is 13.2 Å². The van der Waals surface area contributed by atoms with E-state index in [1.807, 2.05) is 42.5 Å². The van der Waals surface area contributed by atoms with Gasteiger partial charge in [-0.1, -0.05) is 63.2 Å². The molecule has 0 amide bonds. The molecule has 4 aromatic rings. The van der Waals surface area contributed by atoms with E-state index < -0.39 is 10.0 Å². The minimum Gasteiger partial charge on any atom is -0.475 e. The Bertz CT molecular complexity index is 1310. The molecule has 0 aliphatic heterocycles. The molecule has 0 atom stereocenters. The summed E-state index contributed by atoms with van der Waals surface area (Å²) in [5.41, 5.74) is 2.51. The van der Waals surface area contributed by atoms with Gasteiger partial charge in [-0.3, -0.25) is 0 Å². The number of hydrogen-bond acceptors (Lipinski definition) is 6. The van der Waals surface area contributed by atoms with Crippen molar-refractivity contribution in [1.29, 1.82) is 0 Å². The van der Waals surface area contributed by atoms with Crippen LogP contribution in [0.1, 0.15) is 26.3 Å². The highest BCUT2D eigenvalue weighted by Gasteiger charge is 2.17. The topological polar surface area (TPSA) is 98.5 Å². The number of nitrogens with zero attached hydrogens (tertiary/aromatic N) is 4. The number of nitrogens with one attached hydrogen (secondary N) is 1. The molecule has 0 spiro atoms. The van der Waals surface area contributed by atoms with Crippen LogP contribution in [0.4, 0.5) is 0 Å². The lowest BCUT2D eigenvalue weighted by atomic mass is 9.87. The van der Waals surface area contributed by atoms with Gasteiger partial charge >= 0.3 is 0 Å². The second-order valence-electron chi connectivity index (χ2n) is 8.35. The average molecular weight is 452 g/mol. The number of ether oxygens (including phenoxy) is 1. The van der Waals surface area contributed by atoms with Crippen molar-refractivity contribution in [2.75, 3.05) is 13.2 Å². The first-order chi connectivity index (χ1) is 15.2. The highest BCUT2D eigenvalue weighted by Crippen LogP contribution is 2.23. The fourth-order valence-corrected chi connectivity index (χ4v) is 4.18. The Hall–Kier alpha value is -3.30. The molecule has 0 aliphatic rings. The number of fused-ring (bicyclic) bond motifs is 1. The summed E-state index contributed by atoms with van der Waals surface area (Å²) in [6, 6.07) is 20.0. The van der Waals surface area contributed by atoms with Crippen molar-refractivity contribution in [3.8, 4) is 17.3 Å². The first-order valence-corrected chi connectivity index (χ1v) is 11.7. The Morgan fingerprint density at radius 2 is 1.66 bits per heavy atom. The molecular formula is C23H25N5O3S. The number of aromatic nitrogens is 4. The Balaban J connectivity index is 1.39. The zero-order chi connectivity index (χ0) is 22.8. The van der Waals surface area contributed by atoms with Crippen LogP contribution in [0.2, 0.25) is 0 Å². The maximum atomic E-state index is 12.5. The van der Waals surface area contributed by atoms with Crippen molar-refractivity contribution in [2.24, 2.45) is 0 Å². The van der Waals surface area contributed by atoms with Crippen LogP contribution in [0, 0.1) is 0 Å². The fourth-order valence-electron chi connectivity index (χ4n) is 3.17. The van der Waals surface area contributed by atoms with Crippen molar-refractivity contribution in [1.82, 2.24) is 24.5 Å². The van der Waals surface area contributed by atoms with Crippen molar-refractivity contribution in [3.05, 3.63) is 72.3 Å². The van der Waals surface area contributed by atoms with Gasteiger partial charge in [-0.05, 0) is 29.2 Å². The van der Waals surface area contributed by atoms with Gasteiger partial charge < -0.3 is 4.74 Å². The van der Waals surface area contributed by atoms with Crippen LogP contribution in [0.3, 0.4) is 0 Å². The summed E-state index contributed by atoms with van der Waals surface area (Å²) in [6.45, 7) is 6.48. The van der Waals surface area contributed by atoms with E-state index in [0.29, 0.717) is 17.4 Å². The molecule has 0 fully saturated rings. The normalized spacial score (nSPS) is 12.2. The van der Waals surface area contributed by atoms with E-state index in [1.54, 1.807) is 28.8 Å². The van der Waals surface area contributed by atoms with E-state index in [0.717, 1.165) is 11.1 Å². The second-order valence-corrected chi connectivity index (χ2v) is 10.1. The maximum absolute atomic E-state index is 12.5. The first-order valence-electron chi connectivity index (χ1n) is 10.2. The Labute approximate surface area is 187 Å². The minimum atomic E-state index is -3.62. The molecule has 0 unspecified atom stereocenters. The zero-order valence-corrected chi connectivity index (χ0v) is 19.0. The molecule has 166 valence electrons. The van der Waals surface area contributed by atoms with Crippen molar-refractivity contribution in [2.45, 2.75) is 31.1 Å². The van der Waals surface area contributed by atoms with Gasteiger partial charge in [0.2, 0.25) is 15.9 Å². The van der Waals surface area contributed by atoms with Crippen LogP contribution in [-0.4, -0.2) is 41.4 Å². The Morgan fingerprint density at radius 1 is 0.938 bits per heavy atom. The summed E-state index contributed by atoms with van der Waals surface area (Å²) < 4.78 is 34.9. The smallest absolute Gasteiger partial charge is 0.240 e. The van der Waals surface area contributed by atoms with Gasteiger partial charge in [-0.2, -0.15) is 4.52 Å². The molecule has 0 bridgehead atoms. The second kappa shape index (κ2) is 8.68. The van der Waals surface area contributed by atoms with Gasteiger partial charge in [-0.15, -0.1) is 15.3 Å². The van der Waals surface area contributed by atoms with E-state index in [4.69, 9.17) is 4.74 Å². The lowest BCUT2D eigenvalue weighted by Gasteiger charge is -2.19. The predicted molar refractivity (Wildman–Crippen MR) is 122 cm³/mol. The van der Waals surface area contributed by atoms with E-state index in [2.05, 4.69) is 40.8 Å². The number of hydrogen-bond donors (Lipinski definition) is 1. The fraction of sp³-hybridized carbons (Fsp3) is 0.261. The number of rotatable bonds is 7. The summed E-state index contributed by atoms with van der Waals surface area (Å²) >= 11 is 0. The Morgan fingerprint density at radius 3 is 2.34 bits per heavy atom. The maximum Gasteiger partial charge on any atom is 0.240 e. The van der Waals surface area contributed by atoms with Gasteiger partial charge in [0.15, 0.2) is 11.5 Å². The molecule has 0 aliphatic carbocycles. The van der Waals surface area contributed by atoms with Gasteiger partial charge in [-0.25, -0.2) is 13.1 Å². The molecule has 0 saturated heterocycles. The van der Waals surface area contributed by atoms with Gasteiger partial charge in [0, 0.05) is 18.2 Å². The molecule has 2 heterocycles. The monoisotopic (exact) mass is 451 g/mol. The molecular weight excluding hydrogens is 426 g/mol. The van der Waals surface area contributed by atoms with E-state index in [1.165, 1.54) is 0 Å². The van der Waals surface area contributed by atoms with Crippen LogP contribution < -0.4 is 9.46 Å². The van der Waals surface area contributed by atoms with Gasteiger partial charge in [0.05, 0.1) is 4.90 Å². The summed E-state index contributed by atoms with van der Waals surface area (Å²) in [6.07, 6.45) is 0. The molecule has 32 heavy (non-hydrogen) atoms. The highest BCUT2D eigenvalue weighted by molar-refractivity contribution is 7.89. The molecule has 2 aromatic carbocycles. The minimum absolute atomic E-state index is 0.0389. The largest absolute Gasteiger partial charge is 0.475 e. The SMILES string of the molecule is CC(C)(C)c1ccc(S(=O)(=O)NCCOc2ccc3nnc(-c4ccccc4)n3n2)cc1. The number of sulfonamides is 1. The van der Waals surface area contributed by atoms with E-state index in [9.17, 15) is 8.42 Å². The highest BCUT2D eigenvalue weighted by atomic mass is 32.2. The van der Waals surface area contributed by atoms with Crippen LogP contribution in [0.5, 0.6) is 5.88 Å². The summed E-state index contributed by atoms with van der Waals surface area (Å²) in [7, 11) is -3.62. The quantitative estimate of drug-likeness (QED) is 0.432. The Kier molecular flexibility index (Phi) is 5.94. The van der Waals surface area contributed by atoms with Crippen LogP contribution in [-0.2, 0) is 15.4 Å². The van der Waals surface area contributed by atoms with Crippen molar-refractivity contribution in [3.63, 3.8) is 0 Å². The molecule has 0 saturated carbocycles. The standard InChI is InChI=1S/C23H25N5O3S/c1-23(2,3)18-9-11-19(12-10-18)32(29,30)24-15-16-31-21-14-13-20-25-26-22(28(20)27-21)17-7-5-4-6-8-17/h4-14,24H,15-16H2,1-3H3. The molecule has 2 aromatic heterocycles. The van der Waals surface area contributed by atoms with Crippen LogP contribution >= 0.6 is 0 Å². The first kappa shape index (κ1) is 21.9. The third-order valence-electron chi connectivity index (χ3n) is 4.95. The molecule has 9 heteroatoms. The van der Waals surface area contributed by atoms with Crippen molar-refractivity contribution >= 4 is 15.7 Å². The third kappa shape index (κ3) is 4.79. The number of benzene rings is 2.